The smallest absolute Gasteiger partial charge is 0.0518 e. The van der Waals surface area contributed by atoms with Crippen molar-refractivity contribution in [1.29, 1.82) is 0 Å². The molecule has 0 aliphatic carbocycles. The summed E-state index contributed by atoms with van der Waals surface area (Å²) in [4.78, 5) is 0. The Bertz CT molecular complexity index is 53.9. The van der Waals surface area contributed by atoms with Crippen LogP contribution in [0.3, 0.4) is 0 Å². The predicted molar refractivity (Wildman–Crippen MR) is 41.0 cm³/mol. The molecule has 0 N–H and O–H groups in total. The molecule has 1 unspecified atom stereocenters. The van der Waals surface area contributed by atoms with Gasteiger partial charge in [0.2, 0.25) is 0 Å². The molecule has 0 aromatic heterocycles. The molecule has 1 nitrogen and oxygen atoms in total. The van der Waals surface area contributed by atoms with Gasteiger partial charge in [-0.1, -0.05) is 0 Å². The van der Waals surface area contributed by atoms with Crippen molar-refractivity contribution in [3.63, 3.8) is 0 Å². The lowest BCUT2D eigenvalue weighted by atomic mass is 10.3. The minimum Gasteiger partial charge on any atom is -0.379 e. The predicted octanol–water partition coefficient (Wildman–Crippen LogP) is 2.43. The maximum atomic E-state index is 5.68. The Morgan fingerprint density at radius 1 is 1.33 bits per heavy atom. The van der Waals surface area contributed by atoms with Crippen LogP contribution >= 0.6 is 11.6 Å². The van der Waals surface area contributed by atoms with Crippen molar-refractivity contribution in [2.24, 2.45) is 0 Å². The van der Waals surface area contributed by atoms with Crippen LogP contribution in [-0.4, -0.2) is 18.1 Å². The molecule has 9 heavy (non-hydrogen) atoms. The third-order valence-corrected chi connectivity index (χ3v) is 1.19. The van der Waals surface area contributed by atoms with Crippen LogP contribution in [0.15, 0.2) is 0 Å². The van der Waals surface area contributed by atoms with E-state index in [4.69, 9.17) is 16.3 Å². The van der Waals surface area contributed by atoms with Gasteiger partial charge in [-0.05, 0) is 27.2 Å². The van der Waals surface area contributed by atoms with Crippen LogP contribution in [0.4, 0.5) is 0 Å². The first-order valence-electron chi connectivity index (χ1n) is 3.38. The van der Waals surface area contributed by atoms with Gasteiger partial charge in [0.1, 0.15) is 0 Å². The molecule has 0 aromatic carbocycles. The molecule has 0 spiro atoms. The van der Waals surface area contributed by atoms with E-state index in [0.717, 1.165) is 13.0 Å². The molecular formula is C7H15ClO. The average Bonchev–Trinajstić information content (AvgIpc) is 1.63. The van der Waals surface area contributed by atoms with E-state index in [2.05, 4.69) is 0 Å². The number of hydrogen-bond acceptors (Lipinski definition) is 1. The summed E-state index contributed by atoms with van der Waals surface area (Å²) in [5, 5.41) is 0.240. The van der Waals surface area contributed by atoms with Crippen molar-refractivity contribution in [2.45, 2.75) is 38.7 Å². The summed E-state index contributed by atoms with van der Waals surface area (Å²) >= 11 is 5.68. The largest absolute Gasteiger partial charge is 0.379 e. The summed E-state index contributed by atoms with van der Waals surface area (Å²) in [6.07, 6.45) is 1.28. The molecule has 0 bridgehead atoms. The Morgan fingerprint density at radius 2 is 1.89 bits per heavy atom. The fraction of sp³-hybridized carbons (Fsp3) is 1.00. The number of alkyl halides is 1. The van der Waals surface area contributed by atoms with Crippen LogP contribution in [0, 0.1) is 0 Å². The van der Waals surface area contributed by atoms with Crippen LogP contribution in [0.25, 0.3) is 0 Å². The topological polar surface area (TPSA) is 9.23 Å². The molecule has 2 heteroatoms. The van der Waals surface area contributed by atoms with Gasteiger partial charge in [-0.25, -0.2) is 0 Å². The van der Waals surface area contributed by atoms with E-state index in [-0.39, 0.29) is 5.38 Å². The normalized spacial score (nSPS) is 14.3. The molecule has 0 saturated carbocycles. The van der Waals surface area contributed by atoms with E-state index in [1.54, 1.807) is 0 Å². The van der Waals surface area contributed by atoms with Crippen LogP contribution in [-0.2, 0) is 4.74 Å². The quantitative estimate of drug-likeness (QED) is 0.560. The van der Waals surface area contributed by atoms with Crippen molar-refractivity contribution in [2.75, 3.05) is 6.61 Å². The lowest BCUT2D eigenvalue weighted by Gasteiger charge is -2.07. The summed E-state index contributed by atoms with van der Waals surface area (Å²) < 4.78 is 5.27. The first-order valence-corrected chi connectivity index (χ1v) is 3.82. The molecule has 0 amide bonds. The highest BCUT2D eigenvalue weighted by Gasteiger charge is 1.96. The van der Waals surface area contributed by atoms with Crippen molar-refractivity contribution < 1.29 is 4.74 Å². The zero-order valence-electron chi connectivity index (χ0n) is 6.36. The Hall–Kier alpha value is 0.250. The van der Waals surface area contributed by atoms with Crippen LogP contribution < -0.4 is 0 Å². The minimum atomic E-state index is 0.240. The molecular weight excluding hydrogens is 136 g/mol. The lowest BCUT2D eigenvalue weighted by Crippen LogP contribution is -2.06. The number of ether oxygens (including phenoxy) is 1. The molecule has 0 heterocycles. The third kappa shape index (κ3) is 8.25. The first kappa shape index (κ1) is 9.25. The Morgan fingerprint density at radius 3 is 2.22 bits per heavy atom. The van der Waals surface area contributed by atoms with Crippen LogP contribution in [0.1, 0.15) is 27.2 Å². The molecule has 0 fully saturated rings. The molecule has 56 valence electrons. The van der Waals surface area contributed by atoms with E-state index in [9.17, 15) is 0 Å². The number of halogens is 1. The number of rotatable bonds is 4. The molecule has 1 atom stereocenters. The summed E-state index contributed by atoms with van der Waals surface area (Å²) in [6, 6.07) is 0. The van der Waals surface area contributed by atoms with Crippen LogP contribution in [0.2, 0.25) is 0 Å². The van der Waals surface area contributed by atoms with Gasteiger partial charge in [-0.3, -0.25) is 0 Å². The SMILES string of the molecule is CC(Cl)CCOC(C)C. The lowest BCUT2D eigenvalue weighted by molar-refractivity contribution is 0.0771. The fourth-order valence-corrected chi connectivity index (χ4v) is 0.555. The standard InChI is InChI=1S/C7H15ClO/c1-6(2)9-5-4-7(3)8/h6-7H,4-5H2,1-3H3. The second-order valence-corrected chi connectivity index (χ2v) is 3.23. The van der Waals surface area contributed by atoms with Crippen molar-refractivity contribution >= 4 is 11.6 Å². The highest BCUT2D eigenvalue weighted by atomic mass is 35.5. The van der Waals surface area contributed by atoms with Gasteiger partial charge in [-0.2, -0.15) is 0 Å². The molecule has 0 saturated heterocycles. The fourth-order valence-electron chi connectivity index (χ4n) is 0.466. The van der Waals surface area contributed by atoms with Gasteiger partial charge in [-0.15, -0.1) is 11.6 Å². The summed E-state index contributed by atoms with van der Waals surface area (Å²) in [5.74, 6) is 0. The maximum Gasteiger partial charge on any atom is 0.0518 e. The third-order valence-electron chi connectivity index (χ3n) is 0.967. The minimum absolute atomic E-state index is 0.240. The van der Waals surface area contributed by atoms with Gasteiger partial charge < -0.3 is 4.74 Å². The Kier molecular flexibility index (Phi) is 5.21. The second kappa shape index (κ2) is 5.07. The summed E-state index contributed by atoms with van der Waals surface area (Å²) in [7, 11) is 0. The van der Waals surface area contributed by atoms with E-state index in [0.29, 0.717) is 6.10 Å². The van der Waals surface area contributed by atoms with Crippen molar-refractivity contribution in [3.8, 4) is 0 Å². The van der Waals surface area contributed by atoms with E-state index in [1.807, 2.05) is 20.8 Å². The molecule has 0 aliphatic heterocycles. The highest BCUT2D eigenvalue weighted by molar-refractivity contribution is 6.20. The van der Waals surface area contributed by atoms with Gasteiger partial charge in [0.05, 0.1) is 6.10 Å². The first-order chi connectivity index (χ1) is 4.13. The molecule has 0 radical (unpaired) electrons. The zero-order chi connectivity index (χ0) is 7.28. The highest BCUT2D eigenvalue weighted by Crippen LogP contribution is 2.00. The van der Waals surface area contributed by atoms with E-state index < -0.39 is 0 Å². The molecule has 0 aromatic rings. The van der Waals surface area contributed by atoms with Gasteiger partial charge in [0.15, 0.2) is 0 Å². The number of hydrogen-bond donors (Lipinski definition) is 0. The van der Waals surface area contributed by atoms with Crippen molar-refractivity contribution in [1.82, 2.24) is 0 Å². The summed E-state index contributed by atoms with van der Waals surface area (Å²) in [5.41, 5.74) is 0. The van der Waals surface area contributed by atoms with Gasteiger partial charge in [0.25, 0.3) is 0 Å². The van der Waals surface area contributed by atoms with Crippen LogP contribution in [0.5, 0.6) is 0 Å². The van der Waals surface area contributed by atoms with Gasteiger partial charge >= 0.3 is 0 Å². The monoisotopic (exact) mass is 150 g/mol. The molecule has 0 aliphatic rings. The zero-order valence-corrected chi connectivity index (χ0v) is 7.11. The maximum absolute atomic E-state index is 5.68. The van der Waals surface area contributed by atoms with Crippen molar-refractivity contribution in [3.05, 3.63) is 0 Å². The Balaban J connectivity index is 2.91. The second-order valence-electron chi connectivity index (χ2n) is 2.49. The summed E-state index contributed by atoms with van der Waals surface area (Å²) in [6.45, 7) is 6.81. The average molecular weight is 151 g/mol. The van der Waals surface area contributed by atoms with E-state index in [1.165, 1.54) is 0 Å². The molecule has 0 rings (SSSR count). The van der Waals surface area contributed by atoms with E-state index >= 15 is 0 Å². The Labute approximate surface area is 62.3 Å². The van der Waals surface area contributed by atoms with Gasteiger partial charge in [0, 0.05) is 12.0 Å².